The topological polar surface area (TPSA) is 56.0 Å². The van der Waals surface area contributed by atoms with E-state index in [4.69, 9.17) is 5.73 Å². The molecular formula is C14H22N2O. The van der Waals surface area contributed by atoms with Crippen LogP contribution in [0, 0.1) is 12.3 Å². The number of hydrogen-bond acceptors (Lipinski definition) is 3. The first-order valence-corrected chi connectivity index (χ1v) is 6.10. The average molecular weight is 234 g/mol. The third-order valence-electron chi connectivity index (χ3n) is 3.19. The number of Topliss-reactive ketones (excluding diaryl/α,β-unsaturated/α-hetero) is 1. The van der Waals surface area contributed by atoms with Crippen LogP contribution in [-0.4, -0.2) is 17.3 Å². The van der Waals surface area contributed by atoms with Gasteiger partial charge in [-0.05, 0) is 43.4 Å². The standard InChI is InChI=1S/C14H22N2O/c1-11-5-9-16-10-12(11)13(17)4-6-14(2,3)7-8-15/h5,9-10H,4,6-8,15H2,1-3H3. The Balaban J connectivity index is 2.59. The molecule has 1 rings (SSSR count). The zero-order valence-electron chi connectivity index (χ0n) is 11.0. The van der Waals surface area contributed by atoms with Gasteiger partial charge in [-0.1, -0.05) is 13.8 Å². The number of nitrogens with zero attached hydrogens (tertiary/aromatic N) is 1. The van der Waals surface area contributed by atoms with Crippen molar-refractivity contribution in [1.29, 1.82) is 0 Å². The van der Waals surface area contributed by atoms with Crippen molar-refractivity contribution in [3.63, 3.8) is 0 Å². The molecule has 3 heteroatoms. The second kappa shape index (κ2) is 5.92. The molecule has 2 N–H and O–H groups in total. The number of hydrogen-bond donors (Lipinski definition) is 1. The summed E-state index contributed by atoms with van der Waals surface area (Å²) in [6.45, 7) is 6.93. The lowest BCUT2D eigenvalue weighted by molar-refractivity contribution is 0.0960. The van der Waals surface area contributed by atoms with E-state index in [1.54, 1.807) is 12.4 Å². The molecule has 94 valence electrons. The van der Waals surface area contributed by atoms with Crippen LogP contribution in [0.2, 0.25) is 0 Å². The molecule has 3 nitrogen and oxygen atoms in total. The van der Waals surface area contributed by atoms with E-state index in [0.29, 0.717) is 13.0 Å². The number of pyridine rings is 1. The SMILES string of the molecule is Cc1ccncc1C(=O)CCC(C)(C)CCN. The maximum atomic E-state index is 12.0. The van der Waals surface area contributed by atoms with Crippen LogP contribution in [0.4, 0.5) is 0 Å². The molecule has 0 atom stereocenters. The molecule has 0 unspecified atom stereocenters. The van der Waals surface area contributed by atoms with Gasteiger partial charge in [-0.25, -0.2) is 0 Å². The van der Waals surface area contributed by atoms with Crippen molar-refractivity contribution in [2.24, 2.45) is 11.1 Å². The Labute approximate surface area is 103 Å². The highest BCUT2D eigenvalue weighted by Gasteiger charge is 2.19. The van der Waals surface area contributed by atoms with E-state index in [1.807, 2.05) is 13.0 Å². The van der Waals surface area contributed by atoms with Gasteiger partial charge in [-0.2, -0.15) is 0 Å². The minimum absolute atomic E-state index is 0.139. The molecule has 0 radical (unpaired) electrons. The molecule has 0 bridgehead atoms. The van der Waals surface area contributed by atoms with Crippen LogP contribution in [0.3, 0.4) is 0 Å². The molecule has 0 aliphatic carbocycles. The summed E-state index contributed by atoms with van der Waals surface area (Å²) in [4.78, 5) is 16.1. The van der Waals surface area contributed by atoms with Crippen molar-refractivity contribution in [3.05, 3.63) is 29.6 Å². The third kappa shape index (κ3) is 4.27. The summed E-state index contributed by atoms with van der Waals surface area (Å²) >= 11 is 0. The summed E-state index contributed by atoms with van der Waals surface area (Å²) in [6, 6.07) is 1.87. The Hall–Kier alpha value is -1.22. The molecule has 1 heterocycles. The third-order valence-corrected chi connectivity index (χ3v) is 3.19. The second-order valence-corrected chi connectivity index (χ2v) is 5.32. The van der Waals surface area contributed by atoms with E-state index in [1.165, 1.54) is 0 Å². The van der Waals surface area contributed by atoms with Crippen molar-refractivity contribution >= 4 is 5.78 Å². The van der Waals surface area contributed by atoms with Crippen molar-refractivity contribution in [3.8, 4) is 0 Å². The first-order valence-electron chi connectivity index (χ1n) is 6.10. The van der Waals surface area contributed by atoms with Gasteiger partial charge in [-0.3, -0.25) is 9.78 Å². The minimum atomic E-state index is 0.139. The van der Waals surface area contributed by atoms with Gasteiger partial charge in [0.1, 0.15) is 0 Å². The summed E-state index contributed by atoms with van der Waals surface area (Å²) in [5.74, 6) is 0.181. The second-order valence-electron chi connectivity index (χ2n) is 5.32. The van der Waals surface area contributed by atoms with Crippen LogP contribution >= 0.6 is 0 Å². The largest absolute Gasteiger partial charge is 0.330 e. The van der Waals surface area contributed by atoms with Crippen LogP contribution in [0.5, 0.6) is 0 Å². The average Bonchev–Trinajstić information content (AvgIpc) is 2.27. The lowest BCUT2D eigenvalue weighted by Gasteiger charge is -2.23. The summed E-state index contributed by atoms with van der Waals surface area (Å²) in [7, 11) is 0. The van der Waals surface area contributed by atoms with Crippen LogP contribution in [0.1, 0.15) is 49.0 Å². The molecule has 17 heavy (non-hydrogen) atoms. The zero-order valence-corrected chi connectivity index (χ0v) is 11.0. The summed E-state index contributed by atoms with van der Waals surface area (Å²) in [6.07, 6.45) is 5.77. The summed E-state index contributed by atoms with van der Waals surface area (Å²) in [5.41, 5.74) is 7.45. The van der Waals surface area contributed by atoms with E-state index in [2.05, 4.69) is 18.8 Å². The Kier molecular flexibility index (Phi) is 4.82. The monoisotopic (exact) mass is 234 g/mol. The number of nitrogens with two attached hydrogens (primary N) is 1. The fraction of sp³-hybridized carbons (Fsp3) is 0.571. The maximum absolute atomic E-state index is 12.0. The van der Waals surface area contributed by atoms with Crippen molar-refractivity contribution in [2.45, 2.75) is 40.0 Å². The number of rotatable bonds is 6. The summed E-state index contributed by atoms with van der Waals surface area (Å²) in [5, 5.41) is 0. The van der Waals surface area contributed by atoms with Crippen LogP contribution < -0.4 is 5.73 Å². The number of carbonyl (C=O) groups excluding carboxylic acids is 1. The Morgan fingerprint density at radius 2 is 2.12 bits per heavy atom. The van der Waals surface area contributed by atoms with E-state index in [-0.39, 0.29) is 11.2 Å². The Bertz CT molecular complexity index is 386. The predicted octanol–water partition coefficient (Wildman–Crippen LogP) is 2.73. The first kappa shape index (κ1) is 13.8. The fourth-order valence-corrected chi connectivity index (χ4v) is 1.86. The normalized spacial score (nSPS) is 11.5. The van der Waals surface area contributed by atoms with E-state index >= 15 is 0 Å². The van der Waals surface area contributed by atoms with Gasteiger partial charge < -0.3 is 5.73 Å². The Morgan fingerprint density at radius 1 is 1.41 bits per heavy atom. The van der Waals surface area contributed by atoms with Gasteiger partial charge in [-0.15, -0.1) is 0 Å². The molecule has 1 aromatic rings. The molecule has 0 spiro atoms. The van der Waals surface area contributed by atoms with Gasteiger partial charge in [0.05, 0.1) is 0 Å². The van der Waals surface area contributed by atoms with Crippen molar-refractivity contribution < 1.29 is 4.79 Å². The lowest BCUT2D eigenvalue weighted by atomic mass is 9.83. The van der Waals surface area contributed by atoms with E-state index < -0.39 is 0 Å². The molecule has 0 aliphatic rings. The molecule has 0 saturated carbocycles. The van der Waals surface area contributed by atoms with Gasteiger partial charge >= 0.3 is 0 Å². The van der Waals surface area contributed by atoms with Gasteiger partial charge in [0.15, 0.2) is 5.78 Å². The molecule has 1 aromatic heterocycles. The highest BCUT2D eigenvalue weighted by Crippen LogP contribution is 2.27. The maximum Gasteiger partial charge on any atom is 0.164 e. The molecule has 0 aliphatic heterocycles. The van der Waals surface area contributed by atoms with E-state index in [9.17, 15) is 4.79 Å². The molecule has 0 saturated heterocycles. The van der Waals surface area contributed by atoms with Crippen LogP contribution in [0.15, 0.2) is 18.5 Å². The molecule has 0 aromatic carbocycles. The number of aryl methyl sites for hydroxylation is 1. The highest BCUT2D eigenvalue weighted by atomic mass is 16.1. The number of aromatic nitrogens is 1. The first-order chi connectivity index (χ1) is 7.96. The van der Waals surface area contributed by atoms with Crippen molar-refractivity contribution in [1.82, 2.24) is 4.98 Å². The van der Waals surface area contributed by atoms with E-state index in [0.717, 1.165) is 24.0 Å². The number of ketones is 1. The predicted molar refractivity (Wildman–Crippen MR) is 70.0 cm³/mol. The Morgan fingerprint density at radius 3 is 2.71 bits per heavy atom. The minimum Gasteiger partial charge on any atom is -0.330 e. The summed E-state index contributed by atoms with van der Waals surface area (Å²) < 4.78 is 0. The van der Waals surface area contributed by atoms with Gasteiger partial charge in [0, 0.05) is 24.4 Å². The van der Waals surface area contributed by atoms with Crippen molar-refractivity contribution in [2.75, 3.05) is 6.54 Å². The van der Waals surface area contributed by atoms with Gasteiger partial charge in [0.2, 0.25) is 0 Å². The lowest BCUT2D eigenvalue weighted by Crippen LogP contribution is -2.18. The molecule has 0 amide bonds. The smallest absolute Gasteiger partial charge is 0.164 e. The number of carbonyl (C=O) groups is 1. The van der Waals surface area contributed by atoms with Crippen LogP contribution in [0.25, 0.3) is 0 Å². The van der Waals surface area contributed by atoms with Gasteiger partial charge in [0.25, 0.3) is 0 Å². The quantitative estimate of drug-likeness (QED) is 0.770. The highest BCUT2D eigenvalue weighted by molar-refractivity contribution is 5.97. The molecular weight excluding hydrogens is 212 g/mol. The molecule has 0 fully saturated rings. The van der Waals surface area contributed by atoms with Crippen LogP contribution in [-0.2, 0) is 0 Å². The zero-order chi connectivity index (χ0) is 12.9. The fourth-order valence-electron chi connectivity index (χ4n) is 1.86.